The quantitative estimate of drug-likeness (QED) is 0.771. The van der Waals surface area contributed by atoms with Gasteiger partial charge < -0.3 is 19.1 Å². The number of nitrogens with zero attached hydrogens (tertiary/aromatic N) is 4. The highest BCUT2D eigenvalue weighted by Gasteiger charge is 2.51. The van der Waals surface area contributed by atoms with Crippen LogP contribution in [0.2, 0.25) is 0 Å². The van der Waals surface area contributed by atoms with E-state index in [1.807, 2.05) is 17.2 Å². The van der Waals surface area contributed by atoms with Crippen LogP contribution in [-0.2, 0) is 15.1 Å². The second-order valence-electron chi connectivity index (χ2n) is 8.20. The van der Waals surface area contributed by atoms with E-state index in [1.165, 1.54) is 5.69 Å². The summed E-state index contributed by atoms with van der Waals surface area (Å²) in [5, 5.41) is 0. The number of carbonyl (C=O) groups is 1. The summed E-state index contributed by atoms with van der Waals surface area (Å²) < 4.78 is 7.86. The van der Waals surface area contributed by atoms with Crippen LogP contribution in [0.5, 0.6) is 0 Å². The average molecular weight is 378 g/mol. The van der Waals surface area contributed by atoms with Gasteiger partial charge in [0, 0.05) is 38.6 Å². The Morgan fingerprint density at radius 1 is 1.39 bits per heavy atom. The number of amides is 1. The maximum absolute atomic E-state index is 13.0. The number of hydrogen-bond acceptors (Lipinski definition) is 4. The lowest BCUT2D eigenvalue weighted by Crippen LogP contribution is -2.53. The maximum atomic E-state index is 13.0. The van der Waals surface area contributed by atoms with Crippen molar-refractivity contribution >= 4 is 11.6 Å². The van der Waals surface area contributed by atoms with Crippen LogP contribution in [-0.4, -0.2) is 52.7 Å². The molecule has 0 bridgehead atoms. The number of fused-ring (bicyclic) bond motifs is 4. The van der Waals surface area contributed by atoms with Gasteiger partial charge in [0.2, 0.25) is 0 Å². The van der Waals surface area contributed by atoms with Gasteiger partial charge in [0.15, 0.2) is 5.82 Å². The van der Waals surface area contributed by atoms with E-state index in [9.17, 15) is 4.79 Å². The fourth-order valence-corrected chi connectivity index (χ4v) is 4.99. The number of hydrogen-bond donors (Lipinski definition) is 0. The molecular formula is C22H26N4O2. The largest absolute Gasteiger partial charge is 0.368 e. The first-order chi connectivity index (χ1) is 13.6. The van der Waals surface area contributed by atoms with Gasteiger partial charge >= 0.3 is 0 Å². The molecule has 6 heteroatoms. The lowest BCUT2D eigenvalue weighted by Gasteiger charge is -2.47. The summed E-state index contributed by atoms with van der Waals surface area (Å²) in [6.07, 6.45) is 6.33. The minimum Gasteiger partial charge on any atom is -0.368 e. The minimum absolute atomic E-state index is 0.139. The molecule has 2 atom stereocenters. The molecule has 5 rings (SSSR count). The van der Waals surface area contributed by atoms with Crippen LogP contribution in [0.25, 0.3) is 5.82 Å². The monoisotopic (exact) mass is 378 g/mol. The molecule has 6 nitrogen and oxygen atoms in total. The number of carbonyl (C=O) groups excluding carboxylic acids is 1. The Morgan fingerprint density at radius 2 is 2.29 bits per heavy atom. The van der Waals surface area contributed by atoms with Gasteiger partial charge in [-0.25, -0.2) is 4.98 Å². The van der Waals surface area contributed by atoms with Crippen molar-refractivity contribution in [3.63, 3.8) is 0 Å². The van der Waals surface area contributed by atoms with Crippen LogP contribution in [0.3, 0.4) is 0 Å². The summed E-state index contributed by atoms with van der Waals surface area (Å²) in [4.78, 5) is 22.1. The molecule has 0 unspecified atom stereocenters. The second-order valence-corrected chi connectivity index (χ2v) is 8.20. The molecule has 146 valence electrons. The van der Waals surface area contributed by atoms with Crippen LogP contribution in [0.1, 0.15) is 31.9 Å². The Kier molecular flexibility index (Phi) is 4.05. The first-order valence-corrected chi connectivity index (χ1v) is 10.1. The van der Waals surface area contributed by atoms with Crippen molar-refractivity contribution in [2.24, 2.45) is 0 Å². The van der Waals surface area contributed by atoms with Crippen LogP contribution in [0, 0.1) is 0 Å². The van der Waals surface area contributed by atoms with Gasteiger partial charge in [0.05, 0.1) is 11.4 Å². The summed E-state index contributed by atoms with van der Waals surface area (Å²) >= 11 is 0. The molecule has 2 saturated heterocycles. The van der Waals surface area contributed by atoms with Crippen molar-refractivity contribution in [2.45, 2.75) is 37.8 Å². The van der Waals surface area contributed by atoms with E-state index in [0.717, 1.165) is 49.4 Å². The fraction of sp³-hybridized carbons (Fsp3) is 0.455. The van der Waals surface area contributed by atoms with Gasteiger partial charge in [-0.2, -0.15) is 0 Å². The zero-order valence-electron chi connectivity index (χ0n) is 16.3. The molecule has 2 fully saturated rings. The maximum Gasteiger partial charge on any atom is 0.251 e. The fourth-order valence-electron chi connectivity index (χ4n) is 4.99. The van der Waals surface area contributed by atoms with Crippen molar-refractivity contribution in [1.82, 2.24) is 14.5 Å². The summed E-state index contributed by atoms with van der Waals surface area (Å²) in [6, 6.07) is 8.35. The lowest BCUT2D eigenvalue weighted by atomic mass is 9.88. The van der Waals surface area contributed by atoms with Crippen molar-refractivity contribution in [3.05, 3.63) is 54.5 Å². The van der Waals surface area contributed by atoms with Crippen molar-refractivity contribution in [1.29, 1.82) is 0 Å². The smallest absolute Gasteiger partial charge is 0.251 e. The third-order valence-electron chi connectivity index (χ3n) is 6.22. The number of aromatic nitrogens is 2. The van der Waals surface area contributed by atoms with E-state index in [2.05, 4.69) is 52.3 Å². The minimum atomic E-state index is -0.271. The SMILES string of the molecule is C=C(C)CN1c2cccnc2-n2cccc2[C@]12CCN(C(=O)[C@H]1CCCO1)C2. The molecule has 0 radical (unpaired) electrons. The van der Waals surface area contributed by atoms with Gasteiger partial charge in [-0.1, -0.05) is 12.2 Å². The molecule has 3 aliphatic rings. The molecule has 3 aliphatic heterocycles. The Hall–Kier alpha value is -2.60. The van der Waals surface area contributed by atoms with Crippen molar-refractivity contribution in [2.75, 3.05) is 31.1 Å². The first kappa shape index (κ1) is 17.5. The number of likely N-dealkylation sites (tertiary alicyclic amines) is 1. The Morgan fingerprint density at radius 3 is 3.07 bits per heavy atom. The van der Waals surface area contributed by atoms with Crippen LogP contribution in [0.4, 0.5) is 5.69 Å². The van der Waals surface area contributed by atoms with Gasteiger partial charge in [-0.15, -0.1) is 0 Å². The Balaban J connectivity index is 1.57. The highest BCUT2D eigenvalue weighted by Crippen LogP contribution is 2.47. The number of ether oxygens (including phenoxy) is 1. The molecule has 5 heterocycles. The van der Waals surface area contributed by atoms with E-state index in [-0.39, 0.29) is 17.6 Å². The lowest BCUT2D eigenvalue weighted by molar-refractivity contribution is -0.140. The second kappa shape index (κ2) is 6.48. The highest BCUT2D eigenvalue weighted by atomic mass is 16.5. The normalized spacial score (nSPS) is 25.8. The summed E-state index contributed by atoms with van der Waals surface area (Å²) in [6.45, 7) is 9.07. The average Bonchev–Trinajstić information content (AvgIpc) is 3.45. The molecule has 0 aromatic carbocycles. The van der Waals surface area contributed by atoms with E-state index in [1.54, 1.807) is 0 Å². The van der Waals surface area contributed by atoms with Crippen molar-refractivity contribution in [3.8, 4) is 5.82 Å². The predicted octanol–water partition coefficient (Wildman–Crippen LogP) is 2.88. The van der Waals surface area contributed by atoms with E-state index in [4.69, 9.17) is 4.74 Å². The van der Waals surface area contributed by atoms with Crippen LogP contribution in [0.15, 0.2) is 48.8 Å². The van der Waals surface area contributed by atoms with Crippen molar-refractivity contribution < 1.29 is 9.53 Å². The zero-order chi connectivity index (χ0) is 19.3. The van der Waals surface area contributed by atoms with Crippen LogP contribution < -0.4 is 4.90 Å². The molecule has 2 aromatic rings. The third-order valence-corrected chi connectivity index (χ3v) is 6.22. The van der Waals surface area contributed by atoms with Gasteiger partial charge in [0.25, 0.3) is 5.91 Å². The summed E-state index contributed by atoms with van der Waals surface area (Å²) in [5.74, 6) is 1.08. The standard InChI is InChI=1S/C22H26N4O2/c1-16(2)14-26-17-6-3-10-23-20(17)25-11-4-8-19(25)22(26)9-12-24(15-22)21(27)18-7-5-13-28-18/h3-4,6,8,10-11,18H,1,5,7,9,12-15H2,2H3/t18-,22-/m1/s1. The highest BCUT2D eigenvalue weighted by molar-refractivity contribution is 5.82. The molecule has 0 N–H and O–H groups in total. The third kappa shape index (κ3) is 2.51. The zero-order valence-corrected chi connectivity index (χ0v) is 16.3. The Bertz CT molecular complexity index is 930. The number of anilines is 1. The molecule has 0 saturated carbocycles. The molecule has 1 spiro atoms. The number of rotatable bonds is 3. The molecule has 0 aliphatic carbocycles. The van der Waals surface area contributed by atoms with E-state index < -0.39 is 0 Å². The Labute approximate surface area is 165 Å². The van der Waals surface area contributed by atoms with Crippen LogP contribution >= 0.6 is 0 Å². The molecule has 28 heavy (non-hydrogen) atoms. The summed E-state index contributed by atoms with van der Waals surface area (Å²) in [7, 11) is 0. The van der Waals surface area contributed by atoms with Gasteiger partial charge in [-0.3, -0.25) is 4.79 Å². The van der Waals surface area contributed by atoms with E-state index in [0.29, 0.717) is 13.2 Å². The topological polar surface area (TPSA) is 50.6 Å². The molecule has 2 aromatic heterocycles. The molecule has 1 amide bonds. The van der Waals surface area contributed by atoms with Gasteiger partial charge in [0.1, 0.15) is 11.6 Å². The summed E-state index contributed by atoms with van der Waals surface area (Å²) in [5.41, 5.74) is 3.12. The predicted molar refractivity (Wildman–Crippen MR) is 108 cm³/mol. The number of pyridine rings is 1. The first-order valence-electron chi connectivity index (χ1n) is 10.1. The van der Waals surface area contributed by atoms with Gasteiger partial charge in [-0.05, 0) is 50.5 Å². The molecular weight excluding hydrogens is 352 g/mol. The van der Waals surface area contributed by atoms with E-state index >= 15 is 0 Å².